The summed E-state index contributed by atoms with van der Waals surface area (Å²) < 4.78 is 0. The van der Waals surface area contributed by atoms with Gasteiger partial charge in [0, 0.05) is 5.54 Å². The Morgan fingerprint density at radius 3 is 1.64 bits per heavy atom. The minimum absolute atomic E-state index is 0. The van der Waals surface area contributed by atoms with Crippen LogP contribution >= 0.6 is 17.0 Å². The molecular weight excluding hydrogens is 779 g/mol. The Balaban J connectivity index is 0.00000121. The van der Waals surface area contributed by atoms with E-state index in [0.29, 0.717) is 5.54 Å². The van der Waals surface area contributed by atoms with Crippen molar-refractivity contribution in [3.05, 3.63) is 144 Å². The van der Waals surface area contributed by atoms with E-state index in [-0.39, 0.29) is 25.7 Å². The summed E-state index contributed by atoms with van der Waals surface area (Å²) in [4.78, 5) is 0. The third-order valence-electron chi connectivity index (χ3n) is 12.3. The van der Waals surface area contributed by atoms with Gasteiger partial charge in [-0.3, -0.25) is 0 Å². The van der Waals surface area contributed by atoms with E-state index in [1.807, 2.05) is 0 Å². The summed E-state index contributed by atoms with van der Waals surface area (Å²) in [6, 6.07) is 33.3. The monoisotopic (exact) mass is 838 g/mol. The summed E-state index contributed by atoms with van der Waals surface area (Å²) in [7, 11) is 7.75. The molecule has 0 aromatic heterocycles. The molecule has 0 radical (unpaired) electrons. The predicted molar refractivity (Wildman–Crippen MR) is 237 cm³/mol. The van der Waals surface area contributed by atoms with Crippen molar-refractivity contribution in [3.8, 4) is 22.3 Å². The fourth-order valence-corrected chi connectivity index (χ4v) is 16.3. The van der Waals surface area contributed by atoms with Crippen LogP contribution in [0, 0.1) is 14.9 Å². The van der Waals surface area contributed by atoms with E-state index < -0.39 is 28.9 Å². The summed E-state index contributed by atoms with van der Waals surface area (Å²) >= 11 is -0.826. The molecule has 1 fully saturated rings. The number of halogens is 2. The number of hydrogen-bond donors (Lipinski definition) is 0. The molecule has 0 amide bonds. The van der Waals surface area contributed by atoms with E-state index in [9.17, 15) is 0 Å². The van der Waals surface area contributed by atoms with Crippen molar-refractivity contribution < 1.29 is 20.8 Å². The van der Waals surface area contributed by atoms with Gasteiger partial charge in [0.2, 0.25) is 0 Å². The van der Waals surface area contributed by atoms with E-state index in [0.717, 1.165) is 12.0 Å². The Kier molecular flexibility index (Phi) is 14.4. The van der Waals surface area contributed by atoms with Gasteiger partial charge in [0.1, 0.15) is 0 Å². The minimum atomic E-state index is -2.12. The molecule has 0 nitrogen and oxygen atoms in total. The summed E-state index contributed by atoms with van der Waals surface area (Å²) in [5.41, 5.74) is 19.4. The van der Waals surface area contributed by atoms with Crippen molar-refractivity contribution in [2.24, 2.45) is 0 Å². The third kappa shape index (κ3) is 8.58. The zero-order valence-corrected chi connectivity index (χ0v) is 39.3. The molecule has 4 heteroatoms. The molecule has 0 aliphatic heterocycles. The van der Waals surface area contributed by atoms with Crippen molar-refractivity contribution in [3.63, 3.8) is 0 Å². The maximum absolute atomic E-state index is 4.93. The summed E-state index contributed by atoms with van der Waals surface area (Å²) in [5.74, 6) is 0. The average molecular weight is 841 g/mol. The van der Waals surface area contributed by atoms with Gasteiger partial charge in [0.05, 0.1) is 8.07 Å². The van der Waals surface area contributed by atoms with E-state index in [4.69, 9.17) is 17.0 Å². The first kappa shape index (κ1) is 43.8. The van der Waals surface area contributed by atoms with Crippen molar-refractivity contribution in [1.82, 2.24) is 0 Å². The van der Waals surface area contributed by atoms with E-state index in [1.165, 1.54) is 71.0 Å². The fourth-order valence-electron chi connectivity index (χ4n) is 9.80. The second kappa shape index (κ2) is 17.5. The van der Waals surface area contributed by atoms with Crippen molar-refractivity contribution >= 4 is 36.4 Å². The summed E-state index contributed by atoms with van der Waals surface area (Å²) in [5, 5.41) is 1.78. The molecule has 0 spiro atoms. The van der Waals surface area contributed by atoms with Crippen LogP contribution in [-0.2, 0) is 38.1 Å². The van der Waals surface area contributed by atoms with Gasteiger partial charge in [0.25, 0.3) is 0 Å². The van der Waals surface area contributed by atoms with Crippen LogP contribution in [-0.4, -0.2) is 8.07 Å². The molecule has 0 heterocycles. The normalized spacial score (nSPS) is 17.9. The summed E-state index contributed by atoms with van der Waals surface area (Å²) in [6.07, 6.45) is 10.6. The Morgan fingerprint density at radius 2 is 1.11 bits per heavy atom. The fraction of sp³-hybridized carbons (Fsp3) is 0.388. The SMILES string of the molecule is CC1=Cc2c(-c3ccc(C(C)(C)C)cc3)cccc2C1[Si](C)(C1=C(C)Cc2c1cccc2-c1ccc(C(C)(C)C)cc1)C1CCCCC1.[CH3-].[CH3-].[Cl][Zr+2][Cl]. The van der Waals surface area contributed by atoms with E-state index in [2.05, 4.69) is 153 Å². The predicted octanol–water partition coefficient (Wildman–Crippen LogP) is 15.9. The first-order valence-corrected chi connectivity index (χ1v) is 28.0. The molecule has 3 aliphatic rings. The van der Waals surface area contributed by atoms with Crippen LogP contribution in [0.1, 0.15) is 126 Å². The Labute approximate surface area is 343 Å². The molecule has 0 saturated heterocycles. The molecule has 2 atom stereocenters. The number of benzene rings is 4. The molecule has 2 unspecified atom stereocenters. The van der Waals surface area contributed by atoms with Crippen LogP contribution in [0.4, 0.5) is 0 Å². The second-order valence-electron chi connectivity index (χ2n) is 17.6. The first-order chi connectivity index (χ1) is 24.2. The van der Waals surface area contributed by atoms with Crippen molar-refractivity contribution in [1.29, 1.82) is 0 Å². The molecule has 0 N–H and O–H groups in total. The molecule has 3 aliphatic carbocycles. The zero-order valence-electron chi connectivity index (χ0n) is 34.3. The van der Waals surface area contributed by atoms with Gasteiger partial charge in [-0.2, -0.15) is 0 Å². The van der Waals surface area contributed by atoms with Gasteiger partial charge in [-0.15, -0.1) is 0 Å². The van der Waals surface area contributed by atoms with Crippen molar-refractivity contribution in [2.75, 3.05) is 0 Å². The number of fused-ring (bicyclic) bond motifs is 2. The molecule has 53 heavy (non-hydrogen) atoms. The maximum atomic E-state index is 4.93. The van der Waals surface area contributed by atoms with Crippen LogP contribution in [0.25, 0.3) is 33.5 Å². The topological polar surface area (TPSA) is 0 Å². The number of rotatable bonds is 5. The molecule has 4 aromatic carbocycles. The van der Waals surface area contributed by atoms with Gasteiger partial charge in [0.15, 0.2) is 0 Å². The molecule has 1 saturated carbocycles. The third-order valence-corrected chi connectivity index (χ3v) is 18.3. The van der Waals surface area contributed by atoms with Crippen LogP contribution < -0.4 is 0 Å². The first-order valence-electron chi connectivity index (χ1n) is 19.0. The molecule has 280 valence electrons. The molecule has 7 rings (SSSR count). The van der Waals surface area contributed by atoms with Gasteiger partial charge < -0.3 is 14.9 Å². The van der Waals surface area contributed by atoms with Gasteiger partial charge in [-0.25, -0.2) is 0 Å². The zero-order chi connectivity index (χ0) is 36.7. The van der Waals surface area contributed by atoms with E-state index in [1.54, 1.807) is 33.0 Å². The van der Waals surface area contributed by atoms with Crippen molar-refractivity contribution in [2.45, 2.75) is 122 Å². The quantitative estimate of drug-likeness (QED) is 0.139. The van der Waals surface area contributed by atoms with Crippen LogP contribution in [0.15, 0.2) is 96.1 Å². The summed E-state index contributed by atoms with van der Waals surface area (Å²) in [6.45, 7) is 21.6. The Morgan fingerprint density at radius 1 is 0.642 bits per heavy atom. The van der Waals surface area contributed by atoms with E-state index >= 15 is 0 Å². The second-order valence-corrected chi connectivity index (χ2v) is 25.8. The van der Waals surface area contributed by atoms with Crippen LogP contribution in [0.3, 0.4) is 0 Å². The van der Waals surface area contributed by atoms with Crippen LogP contribution in [0.2, 0.25) is 12.1 Å². The number of allylic oxidation sites excluding steroid dienone is 2. The molecular formula is C49H62Cl2SiZr. The number of hydrogen-bond acceptors (Lipinski definition) is 0. The van der Waals surface area contributed by atoms with Gasteiger partial charge >= 0.3 is 37.9 Å². The Bertz CT molecular complexity index is 1930. The molecule has 0 bridgehead atoms. The van der Waals surface area contributed by atoms with Gasteiger partial charge in [-0.1, -0.05) is 188 Å². The van der Waals surface area contributed by atoms with Crippen LogP contribution in [0.5, 0.6) is 0 Å². The average Bonchev–Trinajstić information content (AvgIpc) is 3.64. The Hall–Kier alpha value is -1.96. The standard InChI is InChI=1S/C47H56Si.2CH3.2ClH.Zr/c1-31-29-42-38(33-21-25-35(26-22-33)46(3,4)5)17-13-19-40(42)44(31)48(9,37-15-11-10-12-16-37)45-32(2)30-43-39(18-14-20-41(43)45)34-23-27-36(28-24-34)47(6,7)8;;;;;/h13-14,17-29,37,44H,10-12,15-16,30H2,1-9H3;2*1H3;2*1H;/q;2*-1;;;+4/p-2. The molecule has 4 aromatic rings. The van der Waals surface area contributed by atoms with Gasteiger partial charge in [-0.05, 0) is 92.3 Å².